The lowest BCUT2D eigenvalue weighted by Gasteiger charge is -2.03. The first-order valence-corrected chi connectivity index (χ1v) is 6.56. The number of unbranched alkanes of at least 4 members (excludes halogenated alkanes) is 1. The van der Waals surface area contributed by atoms with E-state index in [2.05, 4.69) is 15.3 Å². The third-order valence-corrected chi connectivity index (χ3v) is 2.97. The largest absolute Gasteiger partial charge is 1.00 e. The van der Waals surface area contributed by atoms with Crippen LogP contribution in [-0.4, -0.2) is 15.4 Å². The van der Waals surface area contributed by atoms with Gasteiger partial charge in [0.15, 0.2) is 18.1 Å². The Kier molecular flexibility index (Phi) is 6.93. The van der Waals surface area contributed by atoms with Gasteiger partial charge in [-0.1, -0.05) is 6.08 Å². The van der Waals surface area contributed by atoms with Gasteiger partial charge in [0.2, 0.25) is 0 Å². The minimum Gasteiger partial charge on any atom is -1.00 e. The lowest BCUT2D eigenvalue weighted by atomic mass is 10.2. The maximum absolute atomic E-state index is 5.65. The molecule has 0 unspecified atom stereocenters. The van der Waals surface area contributed by atoms with Crippen LogP contribution in [0.15, 0.2) is 37.2 Å². The van der Waals surface area contributed by atoms with Crippen molar-refractivity contribution in [3.63, 3.8) is 0 Å². The molecule has 2 rings (SSSR count). The van der Waals surface area contributed by atoms with Crippen molar-refractivity contribution < 1.29 is 33.3 Å². The van der Waals surface area contributed by atoms with Crippen molar-refractivity contribution >= 4 is 11.7 Å². The van der Waals surface area contributed by atoms with Crippen LogP contribution >= 0.6 is 11.7 Å². The van der Waals surface area contributed by atoms with Gasteiger partial charge >= 0.3 is 0 Å². The van der Waals surface area contributed by atoms with E-state index in [-0.39, 0.29) is 24.0 Å². The molecule has 0 amide bonds. The number of hydrogen-bond donors (Lipinski definition) is 0. The monoisotopic (exact) mass is 389 g/mol. The highest BCUT2D eigenvalue weighted by Crippen LogP contribution is 2.26. The summed E-state index contributed by atoms with van der Waals surface area (Å²) in [7, 11) is 1.98. The van der Waals surface area contributed by atoms with E-state index in [1.165, 1.54) is 11.7 Å². The van der Waals surface area contributed by atoms with Crippen molar-refractivity contribution in [3.05, 3.63) is 37.2 Å². The van der Waals surface area contributed by atoms with E-state index in [1.54, 1.807) is 0 Å². The summed E-state index contributed by atoms with van der Waals surface area (Å²) in [6, 6.07) is 3.99. The van der Waals surface area contributed by atoms with E-state index in [0.29, 0.717) is 12.5 Å². The van der Waals surface area contributed by atoms with Crippen molar-refractivity contribution in [3.8, 4) is 17.1 Å². The summed E-state index contributed by atoms with van der Waals surface area (Å²) >= 11 is 1.18. The van der Waals surface area contributed by atoms with Gasteiger partial charge in [0, 0.05) is 6.07 Å². The Labute approximate surface area is 134 Å². The molecule has 0 aliphatic carbocycles. The van der Waals surface area contributed by atoms with Gasteiger partial charge in [-0.3, -0.25) is 0 Å². The third kappa shape index (κ3) is 4.54. The standard InChI is InChI=1S/C13H16N3OS.HI/c1-3-4-5-9-17-13-12(14-18-15-13)11-7-6-8-16(2)10-11;/h3,6-8,10H,1,4-5,9H2,2H3;1H/q+1;/p-1. The predicted octanol–water partition coefficient (Wildman–Crippen LogP) is -0.621. The first kappa shape index (κ1) is 16.0. The third-order valence-electron chi connectivity index (χ3n) is 2.46. The second-order valence-electron chi connectivity index (χ2n) is 3.96. The van der Waals surface area contributed by atoms with Crippen LogP contribution in [0.2, 0.25) is 0 Å². The Bertz CT molecular complexity index is 530. The number of ether oxygens (including phenoxy) is 1. The SMILES string of the molecule is C=CCCCOc1nsnc1-c1ccc[n+](C)c1.[I-]. The lowest BCUT2D eigenvalue weighted by molar-refractivity contribution is -0.671. The van der Waals surface area contributed by atoms with Gasteiger partial charge in [-0.2, -0.15) is 4.37 Å². The van der Waals surface area contributed by atoms with Gasteiger partial charge in [0.05, 0.1) is 23.9 Å². The van der Waals surface area contributed by atoms with E-state index in [4.69, 9.17) is 4.74 Å². The summed E-state index contributed by atoms with van der Waals surface area (Å²) in [5, 5.41) is 0. The quantitative estimate of drug-likeness (QED) is 0.286. The van der Waals surface area contributed by atoms with Gasteiger partial charge in [0.25, 0.3) is 5.88 Å². The minimum absolute atomic E-state index is 0. The van der Waals surface area contributed by atoms with Crippen LogP contribution in [0.1, 0.15) is 12.8 Å². The molecular weight excluding hydrogens is 373 g/mol. The average molecular weight is 389 g/mol. The second-order valence-corrected chi connectivity index (χ2v) is 4.48. The van der Waals surface area contributed by atoms with E-state index in [9.17, 15) is 0 Å². The summed E-state index contributed by atoms with van der Waals surface area (Å²) in [6.45, 7) is 4.33. The number of aromatic nitrogens is 3. The fourth-order valence-corrected chi connectivity index (χ4v) is 2.10. The molecule has 0 aliphatic rings. The van der Waals surface area contributed by atoms with E-state index in [0.717, 1.165) is 24.1 Å². The molecule has 4 nitrogen and oxygen atoms in total. The molecule has 0 N–H and O–H groups in total. The first-order chi connectivity index (χ1) is 8.81. The Morgan fingerprint density at radius 3 is 3.05 bits per heavy atom. The van der Waals surface area contributed by atoms with E-state index in [1.807, 2.05) is 42.2 Å². The molecule has 102 valence electrons. The van der Waals surface area contributed by atoms with Crippen LogP contribution in [0.5, 0.6) is 5.88 Å². The molecule has 0 aliphatic heterocycles. The molecule has 2 heterocycles. The maximum atomic E-state index is 5.65. The van der Waals surface area contributed by atoms with Gasteiger partial charge in [-0.15, -0.1) is 11.0 Å². The topological polar surface area (TPSA) is 38.9 Å². The molecular formula is C13H16IN3OS. The zero-order chi connectivity index (χ0) is 12.8. The highest BCUT2D eigenvalue weighted by Gasteiger charge is 2.13. The Morgan fingerprint density at radius 1 is 1.47 bits per heavy atom. The molecule has 0 atom stereocenters. The molecule has 0 saturated heterocycles. The Morgan fingerprint density at radius 2 is 2.32 bits per heavy atom. The summed E-state index contributed by atoms with van der Waals surface area (Å²) < 4.78 is 16.1. The normalized spacial score (nSPS) is 9.74. The average Bonchev–Trinajstić information content (AvgIpc) is 2.83. The van der Waals surface area contributed by atoms with Crippen LogP contribution in [0.25, 0.3) is 11.3 Å². The molecule has 0 aromatic carbocycles. The van der Waals surface area contributed by atoms with Gasteiger partial charge in [-0.05, 0) is 18.9 Å². The number of hydrogen-bond acceptors (Lipinski definition) is 4. The highest BCUT2D eigenvalue weighted by molar-refractivity contribution is 6.99. The molecule has 19 heavy (non-hydrogen) atoms. The number of aryl methyl sites for hydroxylation is 1. The minimum atomic E-state index is 0. The zero-order valence-corrected chi connectivity index (χ0v) is 13.7. The number of allylic oxidation sites excluding steroid dienone is 1. The molecule has 2 aromatic heterocycles. The molecule has 0 spiro atoms. The molecule has 2 aromatic rings. The molecule has 0 fully saturated rings. The van der Waals surface area contributed by atoms with Gasteiger partial charge in [-0.25, -0.2) is 4.57 Å². The molecule has 0 radical (unpaired) electrons. The summed E-state index contributed by atoms with van der Waals surface area (Å²) in [5.41, 5.74) is 1.84. The molecule has 0 saturated carbocycles. The van der Waals surface area contributed by atoms with Crippen molar-refractivity contribution in [2.24, 2.45) is 7.05 Å². The fraction of sp³-hybridized carbons (Fsp3) is 0.308. The second kappa shape index (κ2) is 8.21. The number of rotatable bonds is 6. The van der Waals surface area contributed by atoms with Crippen LogP contribution in [0, 0.1) is 0 Å². The Hall–Kier alpha value is -1.02. The molecule has 0 bridgehead atoms. The van der Waals surface area contributed by atoms with E-state index >= 15 is 0 Å². The number of pyridine rings is 1. The fourth-order valence-electron chi connectivity index (χ4n) is 1.58. The highest BCUT2D eigenvalue weighted by atomic mass is 127. The van der Waals surface area contributed by atoms with Crippen molar-refractivity contribution in [1.29, 1.82) is 0 Å². The van der Waals surface area contributed by atoms with Crippen LogP contribution in [0.4, 0.5) is 0 Å². The van der Waals surface area contributed by atoms with Gasteiger partial charge < -0.3 is 28.7 Å². The smallest absolute Gasteiger partial charge is 0.254 e. The zero-order valence-electron chi connectivity index (χ0n) is 10.8. The summed E-state index contributed by atoms with van der Waals surface area (Å²) in [4.78, 5) is 0. The van der Waals surface area contributed by atoms with Gasteiger partial charge in [0.1, 0.15) is 7.05 Å². The summed E-state index contributed by atoms with van der Waals surface area (Å²) in [6.07, 6.45) is 7.78. The predicted molar refractivity (Wildman–Crippen MR) is 71.4 cm³/mol. The van der Waals surface area contributed by atoms with Crippen LogP contribution in [-0.2, 0) is 7.05 Å². The van der Waals surface area contributed by atoms with Crippen molar-refractivity contribution in [2.75, 3.05) is 6.61 Å². The first-order valence-electron chi connectivity index (χ1n) is 5.83. The number of halogens is 1. The van der Waals surface area contributed by atoms with Crippen molar-refractivity contribution in [1.82, 2.24) is 8.75 Å². The lowest BCUT2D eigenvalue weighted by Crippen LogP contribution is -3.00. The Balaban J connectivity index is 0.00000180. The molecule has 6 heteroatoms. The maximum Gasteiger partial charge on any atom is 0.254 e. The summed E-state index contributed by atoms with van der Waals surface area (Å²) in [5.74, 6) is 0.621. The van der Waals surface area contributed by atoms with Crippen LogP contribution in [0.3, 0.4) is 0 Å². The van der Waals surface area contributed by atoms with E-state index < -0.39 is 0 Å². The number of nitrogens with zero attached hydrogens (tertiary/aromatic N) is 3. The van der Waals surface area contributed by atoms with Crippen LogP contribution < -0.4 is 33.3 Å². The van der Waals surface area contributed by atoms with Crippen molar-refractivity contribution in [2.45, 2.75) is 12.8 Å².